The number of anilines is 1. The number of aryl methyl sites for hydroxylation is 2. The molecule has 2 aromatic heterocycles. The molecule has 6 nitrogen and oxygen atoms in total. The molecule has 1 atom stereocenters. The fourth-order valence-electron chi connectivity index (χ4n) is 3.06. The van der Waals surface area contributed by atoms with Crippen molar-refractivity contribution in [3.8, 4) is 0 Å². The zero-order chi connectivity index (χ0) is 19.1. The van der Waals surface area contributed by atoms with E-state index in [0.29, 0.717) is 16.5 Å². The van der Waals surface area contributed by atoms with Crippen molar-refractivity contribution in [3.05, 3.63) is 76.2 Å². The van der Waals surface area contributed by atoms with Crippen LogP contribution in [0.25, 0.3) is 5.76 Å². The van der Waals surface area contributed by atoms with Crippen molar-refractivity contribution in [1.29, 1.82) is 0 Å². The predicted octanol–water partition coefficient (Wildman–Crippen LogP) is 3.98. The molecule has 1 aliphatic heterocycles. The highest BCUT2D eigenvalue weighted by atomic mass is 32.1. The number of thiazole rings is 1. The number of aromatic nitrogens is 1. The SMILES string of the molecule is Cc1nc(N2C(=O)C(=O)C(=C(O)c3ccccc3)[C@@H]2c2ccco2)sc1C. The van der Waals surface area contributed by atoms with E-state index >= 15 is 0 Å². The summed E-state index contributed by atoms with van der Waals surface area (Å²) in [5.74, 6) is -1.34. The third-order valence-electron chi connectivity index (χ3n) is 4.53. The van der Waals surface area contributed by atoms with Gasteiger partial charge in [-0.05, 0) is 26.0 Å². The van der Waals surface area contributed by atoms with Crippen LogP contribution in [0.1, 0.15) is 27.9 Å². The van der Waals surface area contributed by atoms with E-state index in [1.807, 2.05) is 13.8 Å². The van der Waals surface area contributed by atoms with Gasteiger partial charge < -0.3 is 9.52 Å². The number of hydrogen-bond acceptors (Lipinski definition) is 6. The largest absolute Gasteiger partial charge is 0.507 e. The second-order valence-corrected chi connectivity index (χ2v) is 7.37. The van der Waals surface area contributed by atoms with Gasteiger partial charge in [0.15, 0.2) is 5.13 Å². The molecule has 4 rings (SSSR count). The lowest BCUT2D eigenvalue weighted by molar-refractivity contribution is -0.132. The Morgan fingerprint density at radius 3 is 2.48 bits per heavy atom. The average molecular weight is 380 g/mol. The lowest BCUT2D eigenvalue weighted by Gasteiger charge is -2.20. The van der Waals surface area contributed by atoms with Gasteiger partial charge in [-0.3, -0.25) is 14.5 Å². The summed E-state index contributed by atoms with van der Waals surface area (Å²) in [4.78, 5) is 32.3. The van der Waals surface area contributed by atoms with Crippen LogP contribution in [0.4, 0.5) is 5.13 Å². The number of hydrogen-bond donors (Lipinski definition) is 1. The van der Waals surface area contributed by atoms with Crippen LogP contribution in [0, 0.1) is 13.8 Å². The van der Waals surface area contributed by atoms with E-state index in [9.17, 15) is 14.7 Å². The summed E-state index contributed by atoms with van der Waals surface area (Å²) in [7, 11) is 0. The molecule has 1 N–H and O–H groups in total. The molecule has 0 spiro atoms. The van der Waals surface area contributed by atoms with E-state index in [2.05, 4.69) is 4.98 Å². The Bertz CT molecular complexity index is 1030. The van der Waals surface area contributed by atoms with Crippen LogP contribution in [0.5, 0.6) is 0 Å². The van der Waals surface area contributed by atoms with Crippen molar-refractivity contribution < 1.29 is 19.1 Å². The molecule has 0 unspecified atom stereocenters. The second kappa shape index (κ2) is 6.51. The maximum atomic E-state index is 12.8. The van der Waals surface area contributed by atoms with Gasteiger partial charge in [-0.15, -0.1) is 11.3 Å². The molecule has 1 aromatic carbocycles. The summed E-state index contributed by atoms with van der Waals surface area (Å²) in [6.07, 6.45) is 1.47. The summed E-state index contributed by atoms with van der Waals surface area (Å²) >= 11 is 1.32. The number of rotatable bonds is 3. The minimum Gasteiger partial charge on any atom is -0.507 e. The second-order valence-electron chi connectivity index (χ2n) is 6.19. The molecule has 0 bridgehead atoms. The molecule has 0 radical (unpaired) electrons. The number of carbonyl (C=O) groups excluding carboxylic acids is 2. The Morgan fingerprint density at radius 1 is 1.15 bits per heavy atom. The maximum Gasteiger partial charge on any atom is 0.302 e. The van der Waals surface area contributed by atoms with Crippen molar-refractivity contribution in [3.63, 3.8) is 0 Å². The molecular weight excluding hydrogens is 364 g/mol. The summed E-state index contributed by atoms with van der Waals surface area (Å²) in [5, 5.41) is 11.2. The molecule has 7 heteroatoms. The summed E-state index contributed by atoms with van der Waals surface area (Å²) in [6, 6.07) is 11.2. The number of benzene rings is 1. The van der Waals surface area contributed by atoms with Gasteiger partial charge >= 0.3 is 5.91 Å². The van der Waals surface area contributed by atoms with Crippen molar-refractivity contribution in [1.82, 2.24) is 4.98 Å². The van der Waals surface area contributed by atoms with Crippen LogP contribution in [0.15, 0.2) is 58.7 Å². The Balaban J connectivity index is 1.94. The first-order chi connectivity index (χ1) is 13.0. The summed E-state index contributed by atoms with van der Waals surface area (Å²) < 4.78 is 5.50. The molecule has 1 amide bonds. The average Bonchev–Trinajstić information content (AvgIpc) is 3.36. The third kappa shape index (κ3) is 2.76. The predicted molar refractivity (Wildman–Crippen MR) is 102 cm³/mol. The number of furan rings is 1. The minimum atomic E-state index is -0.870. The summed E-state index contributed by atoms with van der Waals surface area (Å²) in [6.45, 7) is 3.75. The highest BCUT2D eigenvalue weighted by molar-refractivity contribution is 7.16. The van der Waals surface area contributed by atoms with Crippen LogP contribution in [-0.4, -0.2) is 21.8 Å². The number of aliphatic hydroxyl groups is 1. The molecule has 1 saturated heterocycles. The number of nitrogens with zero attached hydrogens (tertiary/aromatic N) is 2. The Labute approximate surface area is 159 Å². The Morgan fingerprint density at radius 2 is 1.89 bits per heavy atom. The van der Waals surface area contributed by atoms with Crippen molar-refractivity contribution in [2.75, 3.05) is 4.90 Å². The standard InChI is InChI=1S/C20H16N2O4S/c1-11-12(2)27-20(21-11)22-16(14-9-6-10-26-14)15(18(24)19(22)25)17(23)13-7-4-3-5-8-13/h3-10,16,23H,1-2H3/t16-/m0/s1. The van der Waals surface area contributed by atoms with E-state index in [0.717, 1.165) is 10.6 Å². The molecule has 27 heavy (non-hydrogen) atoms. The third-order valence-corrected chi connectivity index (χ3v) is 5.60. The zero-order valence-corrected chi connectivity index (χ0v) is 15.5. The van der Waals surface area contributed by atoms with Gasteiger partial charge in [-0.2, -0.15) is 0 Å². The lowest BCUT2D eigenvalue weighted by atomic mass is 9.99. The van der Waals surface area contributed by atoms with Gasteiger partial charge in [0.25, 0.3) is 5.78 Å². The molecule has 0 aliphatic carbocycles. The fourth-order valence-corrected chi connectivity index (χ4v) is 3.99. The monoisotopic (exact) mass is 380 g/mol. The molecular formula is C20H16N2O4S. The molecule has 1 fully saturated rings. The quantitative estimate of drug-likeness (QED) is 0.422. The van der Waals surface area contributed by atoms with E-state index in [1.165, 1.54) is 22.5 Å². The lowest BCUT2D eigenvalue weighted by Crippen LogP contribution is -2.29. The molecule has 3 aromatic rings. The van der Waals surface area contributed by atoms with E-state index in [-0.39, 0.29) is 11.3 Å². The summed E-state index contributed by atoms with van der Waals surface area (Å²) in [5.41, 5.74) is 1.24. The number of aliphatic hydroxyl groups excluding tert-OH is 1. The van der Waals surface area contributed by atoms with E-state index in [4.69, 9.17) is 4.42 Å². The van der Waals surface area contributed by atoms with Crippen molar-refractivity contribution in [2.24, 2.45) is 0 Å². The van der Waals surface area contributed by atoms with Gasteiger partial charge in [0.1, 0.15) is 17.6 Å². The Hall–Kier alpha value is -3.19. The molecule has 1 aliphatic rings. The van der Waals surface area contributed by atoms with Crippen LogP contribution in [0.2, 0.25) is 0 Å². The first kappa shape index (κ1) is 17.2. The highest BCUT2D eigenvalue weighted by Gasteiger charge is 2.49. The highest BCUT2D eigenvalue weighted by Crippen LogP contribution is 2.43. The van der Waals surface area contributed by atoms with Gasteiger partial charge in [0.2, 0.25) is 0 Å². The van der Waals surface area contributed by atoms with Crippen LogP contribution in [-0.2, 0) is 9.59 Å². The minimum absolute atomic E-state index is 0.00773. The van der Waals surface area contributed by atoms with Crippen LogP contribution in [0.3, 0.4) is 0 Å². The van der Waals surface area contributed by atoms with Crippen molar-refractivity contribution >= 4 is 33.9 Å². The first-order valence-corrected chi connectivity index (χ1v) is 9.14. The van der Waals surface area contributed by atoms with Gasteiger partial charge in [0, 0.05) is 10.4 Å². The van der Waals surface area contributed by atoms with Gasteiger partial charge in [-0.1, -0.05) is 30.3 Å². The Kier molecular flexibility index (Phi) is 4.16. The zero-order valence-electron chi connectivity index (χ0n) is 14.7. The molecule has 3 heterocycles. The van der Waals surface area contributed by atoms with Crippen LogP contribution < -0.4 is 4.90 Å². The van der Waals surface area contributed by atoms with Gasteiger partial charge in [-0.25, -0.2) is 4.98 Å². The van der Waals surface area contributed by atoms with Crippen LogP contribution >= 0.6 is 11.3 Å². The number of amides is 1. The molecule has 0 saturated carbocycles. The van der Waals surface area contributed by atoms with E-state index < -0.39 is 17.7 Å². The molecule has 136 valence electrons. The topological polar surface area (TPSA) is 83.6 Å². The smallest absolute Gasteiger partial charge is 0.302 e. The van der Waals surface area contributed by atoms with Gasteiger partial charge in [0.05, 0.1) is 17.5 Å². The first-order valence-electron chi connectivity index (χ1n) is 8.33. The van der Waals surface area contributed by atoms with E-state index in [1.54, 1.807) is 42.5 Å². The van der Waals surface area contributed by atoms with Crippen molar-refractivity contribution in [2.45, 2.75) is 19.9 Å². The number of carbonyl (C=O) groups is 2. The fraction of sp³-hybridized carbons (Fsp3) is 0.150. The maximum absolute atomic E-state index is 12.8. The number of Topliss-reactive ketones (excluding diaryl/α,β-unsaturated/α-hetero) is 1. The number of ketones is 1. The normalized spacial score (nSPS) is 19.0.